The average molecular weight is 416 g/mol. The summed E-state index contributed by atoms with van der Waals surface area (Å²) in [6.45, 7) is 8.47. The number of carbonyl (C=O) groups is 1. The van der Waals surface area contributed by atoms with Crippen LogP contribution in [0.4, 0.5) is 20.3 Å². The Morgan fingerprint density at radius 2 is 1.73 bits per heavy atom. The third-order valence-corrected chi connectivity index (χ3v) is 5.58. The van der Waals surface area contributed by atoms with Crippen molar-refractivity contribution < 1.29 is 18.3 Å². The highest BCUT2D eigenvalue weighted by Crippen LogP contribution is 2.29. The van der Waals surface area contributed by atoms with Crippen LogP contribution < -0.4 is 9.80 Å². The number of carbonyl (C=O) groups excluding carboxylic acids is 1. The number of pyridine rings is 1. The molecule has 0 N–H and O–H groups in total. The molecule has 1 amide bonds. The van der Waals surface area contributed by atoms with E-state index in [9.17, 15) is 13.6 Å². The maximum absolute atomic E-state index is 14.8. The summed E-state index contributed by atoms with van der Waals surface area (Å²) in [6.07, 6.45) is 1.80. The lowest BCUT2D eigenvalue weighted by atomic mass is 10.1. The van der Waals surface area contributed by atoms with Crippen molar-refractivity contribution in [2.24, 2.45) is 0 Å². The first-order valence-electron chi connectivity index (χ1n) is 10.1. The van der Waals surface area contributed by atoms with E-state index in [0.29, 0.717) is 38.4 Å². The van der Waals surface area contributed by atoms with Crippen molar-refractivity contribution in [2.75, 3.05) is 49.3 Å². The molecule has 2 saturated heterocycles. The normalized spacial score (nSPS) is 18.8. The monoisotopic (exact) mass is 416 g/mol. The van der Waals surface area contributed by atoms with Crippen LogP contribution in [-0.2, 0) is 4.74 Å². The van der Waals surface area contributed by atoms with Gasteiger partial charge >= 0.3 is 0 Å². The van der Waals surface area contributed by atoms with Gasteiger partial charge in [0.1, 0.15) is 29.7 Å². The molecule has 0 atom stereocenters. The smallest absolute Gasteiger partial charge is 0.259 e. The second kappa shape index (κ2) is 7.83. The number of anilines is 2. The fourth-order valence-electron chi connectivity index (χ4n) is 3.86. The quantitative estimate of drug-likeness (QED) is 0.769. The molecule has 0 unspecified atom stereocenters. The minimum absolute atomic E-state index is 0.258. The summed E-state index contributed by atoms with van der Waals surface area (Å²) in [5, 5.41) is 0. The van der Waals surface area contributed by atoms with Gasteiger partial charge in [-0.3, -0.25) is 4.79 Å². The second-order valence-corrected chi connectivity index (χ2v) is 8.49. The molecule has 4 rings (SSSR count). The zero-order valence-corrected chi connectivity index (χ0v) is 17.5. The molecule has 2 fully saturated rings. The van der Waals surface area contributed by atoms with Gasteiger partial charge in [-0.25, -0.2) is 13.8 Å². The van der Waals surface area contributed by atoms with E-state index in [4.69, 9.17) is 4.74 Å². The molecule has 30 heavy (non-hydrogen) atoms. The fourth-order valence-corrected chi connectivity index (χ4v) is 3.86. The molecule has 0 spiro atoms. The van der Waals surface area contributed by atoms with Crippen LogP contribution in [0.5, 0.6) is 0 Å². The summed E-state index contributed by atoms with van der Waals surface area (Å²) in [7, 11) is 0. The molecule has 0 radical (unpaired) electrons. The van der Waals surface area contributed by atoms with Crippen molar-refractivity contribution in [3.8, 4) is 0 Å². The first-order valence-corrected chi connectivity index (χ1v) is 10.1. The first-order chi connectivity index (χ1) is 14.2. The van der Waals surface area contributed by atoms with Crippen molar-refractivity contribution in [1.29, 1.82) is 0 Å². The van der Waals surface area contributed by atoms with Gasteiger partial charge in [-0.15, -0.1) is 0 Å². The molecule has 1 aromatic heterocycles. The Morgan fingerprint density at radius 3 is 2.27 bits per heavy atom. The van der Waals surface area contributed by atoms with E-state index in [-0.39, 0.29) is 12.3 Å². The Balaban J connectivity index is 1.45. The molecule has 0 bridgehead atoms. The highest BCUT2D eigenvalue weighted by molar-refractivity contribution is 5.95. The topological polar surface area (TPSA) is 48.9 Å². The Labute approximate surface area is 175 Å². The van der Waals surface area contributed by atoms with E-state index in [1.807, 2.05) is 32.9 Å². The van der Waals surface area contributed by atoms with E-state index >= 15 is 0 Å². The molecule has 3 heterocycles. The second-order valence-electron chi connectivity index (χ2n) is 8.49. The minimum Gasteiger partial charge on any atom is -0.353 e. The molecule has 1 aromatic carbocycles. The third-order valence-electron chi connectivity index (χ3n) is 5.58. The Bertz CT molecular complexity index is 918. The van der Waals surface area contributed by atoms with Gasteiger partial charge in [-0.05, 0) is 44.5 Å². The highest BCUT2D eigenvalue weighted by Gasteiger charge is 2.32. The lowest BCUT2D eigenvalue weighted by Crippen LogP contribution is -2.49. The van der Waals surface area contributed by atoms with Crippen LogP contribution in [0.25, 0.3) is 0 Å². The summed E-state index contributed by atoms with van der Waals surface area (Å²) in [5.74, 6) is -1.47. The fraction of sp³-hybridized carbons (Fsp3) is 0.455. The van der Waals surface area contributed by atoms with Crippen LogP contribution in [0, 0.1) is 18.6 Å². The molecule has 0 aliphatic carbocycles. The molecule has 8 heteroatoms. The van der Waals surface area contributed by atoms with Crippen LogP contribution in [0.3, 0.4) is 0 Å². The molecule has 2 aliphatic heterocycles. The maximum Gasteiger partial charge on any atom is 0.259 e. The average Bonchev–Trinajstić information content (AvgIpc) is 3.08. The first kappa shape index (κ1) is 20.5. The van der Waals surface area contributed by atoms with Gasteiger partial charge in [0.25, 0.3) is 5.91 Å². The number of piperazine rings is 1. The van der Waals surface area contributed by atoms with Crippen molar-refractivity contribution >= 4 is 17.4 Å². The number of benzene rings is 1. The van der Waals surface area contributed by atoms with Gasteiger partial charge < -0.3 is 19.4 Å². The van der Waals surface area contributed by atoms with Crippen molar-refractivity contribution in [3.05, 3.63) is 53.2 Å². The lowest BCUT2D eigenvalue weighted by Gasteiger charge is -2.35. The number of amides is 1. The molecule has 160 valence electrons. The summed E-state index contributed by atoms with van der Waals surface area (Å²) < 4.78 is 35.1. The molecule has 2 aromatic rings. The van der Waals surface area contributed by atoms with Gasteiger partial charge in [0.05, 0.1) is 5.60 Å². The zero-order valence-electron chi connectivity index (χ0n) is 17.5. The number of aryl methyl sites for hydroxylation is 1. The number of ether oxygens (including phenoxy) is 1. The number of nitrogens with zero attached hydrogens (tertiary/aromatic N) is 4. The Kier molecular flexibility index (Phi) is 5.36. The number of aromatic nitrogens is 1. The van der Waals surface area contributed by atoms with E-state index in [0.717, 1.165) is 11.4 Å². The van der Waals surface area contributed by atoms with Gasteiger partial charge in [-0.2, -0.15) is 0 Å². The summed E-state index contributed by atoms with van der Waals surface area (Å²) in [4.78, 5) is 22.6. The SMILES string of the molecule is Cc1ccc(N2CCN(C(=O)c3c(F)cc(N4COC(C)(C)C4)cc3F)CC2)nc1. The van der Waals surface area contributed by atoms with Crippen LogP contribution in [-0.4, -0.2) is 60.8 Å². The highest BCUT2D eigenvalue weighted by atomic mass is 19.1. The van der Waals surface area contributed by atoms with Crippen molar-refractivity contribution in [1.82, 2.24) is 9.88 Å². The van der Waals surface area contributed by atoms with E-state index < -0.39 is 23.1 Å². The Morgan fingerprint density at radius 1 is 1.07 bits per heavy atom. The predicted octanol–water partition coefficient (Wildman–Crippen LogP) is 3.20. The maximum atomic E-state index is 14.8. The van der Waals surface area contributed by atoms with Crippen molar-refractivity contribution in [3.63, 3.8) is 0 Å². The van der Waals surface area contributed by atoms with Crippen LogP contribution in [0.15, 0.2) is 30.5 Å². The van der Waals surface area contributed by atoms with Crippen molar-refractivity contribution in [2.45, 2.75) is 26.4 Å². The lowest BCUT2D eigenvalue weighted by molar-refractivity contribution is 0.0439. The van der Waals surface area contributed by atoms with Gasteiger partial charge in [0, 0.05) is 44.6 Å². The predicted molar refractivity (Wildman–Crippen MR) is 111 cm³/mol. The van der Waals surface area contributed by atoms with Crippen LogP contribution >= 0.6 is 0 Å². The summed E-state index contributed by atoms with van der Waals surface area (Å²) in [6, 6.07) is 6.36. The molecular formula is C22H26F2N4O2. The Hall–Kier alpha value is -2.74. The molecular weight excluding hydrogens is 390 g/mol. The zero-order chi connectivity index (χ0) is 21.5. The summed E-state index contributed by atoms with van der Waals surface area (Å²) in [5.41, 5.74) is 0.571. The van der Waals surface area contributed by atoms with Gasteiger partial charge in [-0.1, -0.05) is 6.07 Å². The standard InChI is InChI=1S/C22H26F2N4O2/c1-15-4-5-19(25-12-15)26-6-8-27(9-7-26)21(29)20-17(23)10-16(11-18(20)24)28-13-22(2,3)30-14-28/h4-5,10-12H,6-9,13-14H2,1-3H3. The minimum atomic E-state index is -0.845. The number of hydrogen-bond donors (Lipinski definition) is 0. The van der Waals surface area contributed by atoms with Crippen LogP contribution in [0.2, 0.25) is 0 Å². The number of halogens is 2. The molecule has 6 nitrogen and oxygen atoms in total. The summed E-state index contributed by atoms with van der Waals surface area (Å²) >= 11 is 0. The van der Waals surface area contributed by atoms with E-state index in [1.54, 1.807) is 11.1 Å². The van der Waals surface area contributed by atoms with Crippen LogP contribution in [0.1, 0.15) is 29.8 Å². The third kappa shape index (κ3) is 4.09. The van der Waals surface area contributed by atoms with Gasteiger partial charge in [0.2, 0.25) is 0 Å². The van der Waals surface area contributed by atoms with E-state index in [2.05, 4.69) is 9.88 Å². The molecule has 2 aliphatic rings. The largest absolute Gasteiger partial charge is 0.353 e. The number of rotatable bonds is 3. The molecule has 0 saturated carbocycles. The van der Waals surface area contributed by atoms with Gasteiger partial charge in [0.15, 0.2) is 0 Å². The number of hydrogen-bond acceptors (Lipinski definition) is 5. The van der Waals surface area contributed by atoms with E-state index in [1.165, 1.54) is 17.0 Å².